The van der Waals surface area contributed by atoms with Crippen LogP contribution in [0.1, 0.15) is 36.0 Å². The van der Waals surface area contributed by atoms with Gasteiger partial charge >= 0.3 is 0 Å². The first kappa shape index (κ1) is 17.4. The number of nitrogens with one attached hydrogen (secondary N) is 1. The molecule has 134 valence electrons. The van der Waals surface area contributed by atoms with Crippen LogP contribution in [-0.4, -0.2) is 57.2 Å². The van der Waals surface area contributed by atoms with E-state index in [9.17, 15) is 4.79 Å². The third-order valence-corrected chi connectivity index (χ3v) is 4.96. The summed E-state index contributed by atoms with van der Waals surface area (Å²) < 4.78 is 0. The van der Waals surface area contributed by atoms with Crippen LogP contribution < -0.4 is 4.90 Å². The van der Waals surface area contributed by atoms with Gasteiger partial charge in [0.15, 0.2) is 0 Å². The number of piperazine rings is 1. The van der Waals surface area contributed by atoms with Crippen LogP contribution in [0, 0.1) is 13.8 Å². The Morgan fingerprint density at radius 1 is 1.20 bits per heavy atom. The Kier molecular flexibility index (Phi) is 5.31. The average molecular weight is 342 g/mol. The van der Waals surface area contributed by atoms with E-state index in [2.05, 4.69) is 32.0 Å². The second-order valence-corrected chi connectivity index (χ2v) is 6.51. The topological polar surface area (TPSA) is 78.0 Å². The fraction of sp³-hybridized carbons (Fsp3) is 0.556. The average Bonchev–Trinajstić information content (AvgIpc) is 2.98. The summed E-state index contributed by atoms with van der Waals surface area (Å²) in [4.78, 5) is 25.3. The molecule has 25 heavy (non-hydrogen) atoms. The van der Waals surface area contributed by atoms with Crippen molar-refractivity contribution in [2.75, 3.05) is 31.1 Å². The van der Waals surface area contributed by atoms with E-state index in [1.807, 2.05) is 24.8 Å². The highest BCUT2D eigenvalue weighted by Gasteiger charge is 2.22. The zero-order valence-electron chi connectivity index (χ0n) is 15.2. The van der Waals surface area contributed by atoms with Gasteiger partial charge in [-0.2, -0.15) is 5.10 Å². The van der Waals surface area contributed by atoms with Crippen LogP contribution in [0.2, 0.25) is 0 Å². The lowest BCUT2D eigenvalue weighted by molar-refractivity contribution is -0.131. The van der Waals surface area contributed by atoms with Crippen molar-refractivity contribution in [3.63, 3.8) is 0 Å². The number of aryl methyl sites for hydroxylation is 3. The second kappa shape index (κ2) is 7.63. The fourth-order valence-corrected chi connectivity index (χ4v) is 3.10. The summed E-state index contributed by atoms with van der Waals surface area (Å²) in [5.74, 6) is 1.17. The molecular weight excluding hydrogens is 316 g/mol. The lowest BCUT2D eigenvalue weighted by Crippen LogP contribution is -2.49. The Bertz CT molecular complexity index is 733. The first-order valence-electron chi connectivity index (χ1n) is 8.92. The molecule has 0 saturated carbocycles. The van der Waals surface area contributed by atoms with Crippen molar-refractivity contribution >= 4 is 11.7 Å². The molecule has 1 amide bonds. The van der Waals surface area contributed by atoms with Crippen molar-refractivity contribution < 1.29 is 4.79 Å². The van der Waals surface area contributed by atoms with Crippen LogP contribution in [0.3, 0.4) is 0 Å². The summed E-state index contributed by atoms with van der Waals surface area (Å²) >= 11 is 0. The van der Waals surface area contributed by atoms with Gasteiger partial charge in [0, 0.05) is 56.5 Å². The lowest BCUT2D eigenvalue weighted by Gasteiger charge is -2.35. The standard InChI is InChI=1S/C18H26N6O/c1-4-15-11-17(20-12-19-15)23-7-9-24(10-8-23)18(25)6-5-16-13(2)14(3)21-22-16/h11-12H,4-10H2,1-3H3,(H,21,22). The number of hydrogen-bond acceptors (Lipinski definition) is 5. The van der Waals surface area contributed by atoms with E-state index in [-0.39, 0.29) is 5.91 Å². The summed E-state index contributed by atoms with van der Waals surface area (Å²) in [5, 5.41) is 7.26. The van der Waals surface area contributed by atoms with Crippen molar-refractivity contribution in [2.24, 2.45) is 0 Å². The number of amides is 1. The summed E-state index contributed by atoms with van der Waals surface area (Å²) in [6, 6.07) is 2.04. The van der Waals surface area contributed by atoms with Gasteiger partial charge in [-0.1, -0.05) is 6.92 Å². The van der Waals surface area contributed by atoms with Crippen LogP contribution in [0.4, 0.5) is 5.82 Å². The number of anilines is 1. The van der Waals surface area contributed by atoms with Crippen molar-refractivity contribution in [1.82, 2.24) is 25.1 Å². The molecule has 3 heterocycles. The molecule has 0 unspecified atom stereocenters. The Morgan fingerprint density at radius 2 is 1.96 bits per heavy atom. The van der Waals surface area contributed by atoms with E-state index in [0.29, 0.717) is 12.8 Å². The first-order valence-corrected chi connectivity index (χ1v) is 8.92. The van der Waals surface area contributed by atoms with Crippen LogP contribution in [0.25, 0.3) is 0 Å². The van der Waals surface area contributed by atoms with Gasteiger partial charge in [0.25, 0.3) is 0 Å². The van der Waals surface area contributed by atoms with Gasteiger partial charge in [0.05, 0.1) is 5.69 Å². The maximum atomic E-state index is 12.5. The normalized spacial score (nSPS) is 14.8. The predicted molar refractivity (Wildman–Crippen MR) is 96.6 cm³/mol. The molecule has 0 aliphatic carbocycles. The summed E-state index contributed by atoms with van der Waals surface area (Å²) in [7, 11) is 0. The molecule has 1 aliphatic heterocycles. The highest BCUT2D eigenvalue weighted by Crippen LogP contribution is 2.16. The van der Waals surface area contributed by atoms with Gasteiger partial charge in [-0.05, 0) is 25.8 Å². The van der Waals surface area contributed by atoms with Crippen molar-refractivity contribution in [1.29, 1.82) is 0 Å². The number of rotatable bonds is 5. The Morgan fingerprint density at radius 3 is 2.60 bits per heavy atom. The molecule has 1 aliphatic rings. The molecule has 7 nitrogen and oxygen atoms in total. The molecule has 2 aromatic heterocycles. The minimum atomic E-state index is 0.205. The predicted octanol–water partition coefficient (Wildman–Crippen LogP) is 1.66. The smallest absolute Gasteiger partial charge is 0.223 e. The van der Waals surface area contributed by atoms with Gasteiger partial charge in [0.2, 0.25) is 5.91 Å². The SMILES string of the molecule is CCc1cc(N2CCN(C(=O)CCc3n[nH]c(C)c3C)CC2)ncn1. The Balaban J connectivity index is 1.51. The molecule has 7 heteroatoms. The number of nitrogens with zero attached hydrogens (tertiary/aromatic N) is 5. The van der Waals surface area contributed by atoms with E-state index in [4.69, 9.17) is 0 Å². The van der Waals surface area contributed by atoms with Crippen LogP contribution in [0.5, 0.6) is 0 Å². The van der Waals surface area contributed by atoms with Gasteiger partial charge in [-0.3, -0.25) is 9.89 Å². The zero-order valence-corrected chi connectivity index (χ0v) is 15.2. The molecule has 1 N–H and O–H groups in total. The number of aromatic nitrogens is 4. The van der Waals surface area contributed by atoms with Crippen molar-refractivity contribution in [2.45, 2.75) is 40.0 Å². The molecule has 0 radical (unpaired) electrons. The number of H-pyrrole nitrogens is 1. The molecular formula is C18H26N6O. The highest BCUT2D eigenvalue weighted by atomic mass is 16.2. The van der Waals surface area contributed by atoms with Gasteiger partial charge < -0.3 is 9.80 Å². The Labute approximate surface area is 148 Å². The largest absolute Gasteiger partial charge is 0.353 e. The first-order chi connectivity index (χ1) is 12.1. The maximum Gasteiger partial charge on any atom is 0.223 e. The highest BCUT2D eigenvalue weighted by molar-refractivity contribution is 5.76. The molecule has 0 aromatic carbocycles. The monoisotopic (exact) mass is 342 g/mol. The minimum absolute atomic E-state index is 0.205. The van der Waals surface area contributed by atoms with Crippen LogP contribution in [0.15, 0.2) is 12.4 Å². The molecule has 3 rings (SSSR count). The molecule has 0 atom stereocenters. The summed E-state index contributed by atoms with van der Waals surface area (Å²) in [6.45, 7) is 9.24. The lowest BCUT2D eigenvalue weighted by atomic mass is 10.1. The molecule has 0 bridgehead atoms. The van der Waals surface area contributed by atoms with Gasteiger partial charge in [0.1, 0.15) is 12.1 Å². The fourth-order valence-electron chi connectivity index (χ4n) is 3.10. The van der Waals surface area contributed by atoms with E-state index in [1.54, 1.807) is 6.33 Å². The summed E-state index contributed by atoms with van der Waals surface area (Å²) in [6.07, 6.45) is 3.74. The van der Waals surface area contributed by atoms with E-state index in [1.165, 1.54) is 0 Å². The number of hydrogen-bond donors (Lipinski definition) is 1. The number of carbonyl (C=O) groups excluding carboxylic acids is 1. The minimum Gasteiger partial charge on any atom is -0.353 e. The van der Waals surface area contributed by atoms with E-state index < -0.39 is 0 Å². The molecule has 2 aromatic rings. The van der Waals surface area contributed by atoms with Gasteiger partial charge in [-0.15, -0.1) is 0 Å². The van der Waals surface area contributed by atoms with Crippen molar-refractivity contribution in [3.8, 4) is 0 Å². The maximum absolute atomic E-state index is 12.5. The third kappa shape index (κ3) is 3.97. The summed E-state index contributed by atoms with van der Waals surface area (Å²) in [5.41, 5.74) is 4.28. The number of carbonyl (C=O) groups is 1. The van der Waals surface area contributed by atoms with Gasteiger partial charge in [-0.25, -0.2) is 9.97 Å². The van der Waals surface area contributed by atoms with Crippen molar-refractivity contribution in [3.05, 3.63) is 35.0 Å². The zero-order chi connectivity index (χ0) is 17.8. The molecule has 1 saturated heterocycles. The van der Waals surface area contributed by atoms with Crippen LogP contribution in [-0.2, 0) is 17.6 Å². The quantitative estimate of drug-likeness (QED) is 0.894. The van der Waals surface area contributed by atoms with E-state index in [0.717, 1.165) is 61.1 Å². The van der Waals surface area contributed by atoms with E-state index >= 15 is 0 Å². The Hall–Kier alpha value is -2.44. The van der Waals surface area contributed by atoms with Crippen LogP contribution >= 0.6 is 0 Å². The number of aromatic amines is 1. The molecule has 0 spiro atoms. The molecule has 1 fully saturated rings. The second-order valence-electron chi connectivity index (χ2n) is 6.51. The third-order valence-electron chi connectivity index (χ3n) is 4.96.